The van der Waals surface area contributed by atoms with E-state index >= 15 is 0 Å². The van der Waals surface area contributed by atoms with Crippen LogP contribution in [0.1, 0.15) is 37.2 Å². The van der Waals surface area contributed by atoms with Gasteiger partial charge in [-0.25, -0.2) is 0 Å². The minimum absolute atomic E-state index is 0.106. The van der Waals surface area contributed by atoms with Crippen molar-refractivity contribution in [2.45, 2.75) is 31.6 Å². The third kappa shape index (κ3) is 2.81. The molecule has 1 aliphatic carbocycles. The van der Waals surface area contributed by atoms with Crippen molar-refractivity contribution >= 4 is 34.6 Å². The lowest BCUT2D eigenvalue weighted by Gasteiger charge is -2.33. The Morgan fingerprint density at radius 1 is 1.14 bits per heavy atom. The molecule has 5 rings (SSSR count). The van der Waals surface area contributed by atoms with Gasteiger partial charge in [0, 0.05) is 50.9 Å². The molecule has 0 spiro atoms. The van der Waals surface area contributed by atoms with E-state index in [0.29, 0.717) is 12.0 Å². The van der Waals surface area contributed by atoms with Gasteiger partial charge in [0.25, 0.3) is 5.69 Å². The summed E-state index contributed by atoms with van der Waals surface area (Å²) >= 11 is 3.26. The Balaban J connectivity index is 1.67. The maximum absolute atomic E-state index is 12.8. The minimum atomic E-state index is -0.311. The Morgan fingerprint density at radius 3 is 2.82 bits per heavy atom. The number of dihydropyridines is 1. The summed E-state index contributed by atoms with van der Waals surface area (Å²) in [5.74, 6) is 0.976. The Labute approximate surface area is 170 Å². The van der Waals surface area contributed by atoms with Gasteiger partial charge in [-0.2, -0.15) is 0 Å². The van der Waals surface area contributed by atoms with Gasteiger partial charge in [-0.1, -0.05) is 12.1 Å². The molecule has 2 aromatic rings. The minimum Gasteiger partial charge on any atom is -0.361 e. The second-order valence-electron chi connectivity index (χ2n) is 7.18. The van der Waals surface area contributed by atoms with Gasteiger partial charge < -0.3 is 5.32 Å². The van der Waals surface area contributed by atoms with Crippen molar-refractivity contribution in [2.75, 3.05) is 5.75 Å². The average molecular weight is 411 g/mol. The number of hydrogen-bond acceptors (Lipinski definition) is 6. The van der Waals surface area contributed by atoms with E-state index in [2.05, 4.69) is 5.32 Å². The first kappa shape index (κ1) is 17.7. The van der Waals surface area contributed by atoms with Crippen LogP contribution >= 0.6 is 23.1 Å². The van der Waals surface area contributed by atoms with Crippen molar-refractivity contribution in [2.24, 2.45) is 0 Å². The van der Waals surface area contributed by atoms with Gasteiger partial charge in [-0.15, -0.1) is 23.1 Å². The molecule has 5 nitrogen and oxygen atoms in total. The van der Waals surface area contributed by atoms with Gasteiger partial charge in [0.1, 0.15) is 0 Å². The zero-order chi connectivity index (χ0) is 19.3. The molecule has 1 unspecified atom stereocenters. The Morgan fingerprint density at radius 2 is 2.04 bits per heavy atom. The summed E-state index contributed by atoms with van der Waals surface area (Å²) in [5.41, 5.74) is 4.61. The molecule has 3 aliphatic rings. The van der Waals surface area contributed by atoms with Crippen LogP contribution in [0.4, 0.5) is 5.69 Å². The van der Waals surface area contributed by atoms with Crippen molar-refractivity contribution in [3.63, 3.8) is 0 Å². The zero-order valence-corrected chi connectivity index (χ0v) is 16.7. The highest BCUT2D eigenvalue weighted by Gasteiger charge is 2.39. The maximum atomic E-state index is 12.8. The first-order chi connectivity index (χ1) is 13.6. The summed E-state index contributed by atoms with van der Waals surface area (Å²) in [6.07, 6.45) is 3.25. The molecule has 1 aromatic carbocycles. The number of rotatable bonds is 3. The van der Waals surface area contributed by atoms with Crippen LogP contribution in [0.25, 0.3) is 10.4 Å². The van der Waals surface area contributed by atoms with E-state index in [9.17, 15) is 14.9 Å². The molecular weight excluding hydrogens is 392 g/mol. The third-order valence-corrected chi connectivity index (χ3v) is 7.66. The van der Waals surface area contributed by atoms with E-state index in [4.69, 9.17) is 0 Å². The summed E-state index contributed by atoms with van der Waals surface area (Å²) < 4.78 is 0. The molecule has 3 heterocycles. The second kappa shape index (κ2) is 6.90. The Bertz CT molecular complexity index is 1050. The molecule has 0 fully saturated rings. The number of nitro benzene ring substituents is 1. The molecule has 0 bridgehead atoms. The number of benzene rings is 1. The molecule has 1 atom stereocenters. The molecule has 1 N–H and O–H groups in total. The lowest BCUT2D eigenvalue weighted by Crippen LogP contribution is -2.30. The van der Waals surface area contributed by atoms with Gasteiger partial charge in [0.05, 0.1) is 10.5 Å². The van der Waals surface area contributed by atoms with Gasteiger partial charge in [0.2, 0.25) is 0 Å². The predicted octanol–water partition coefficient (Wildman–Crippen LogP) is 5.37. The summed E-state index contributed by atoms with van der Waals surface area (Å²) in [6, 6.07) is 9.29. The zero-order valence-electron chi connectivity index (χ0n) is 15.1. The van der Waals surface area contributed by atoms with Crippen LogP contribution in [0.5, 0.6) is 0 Å². The Hall–Kier alpha value is -2.38. The van der Waals surface area contributed by atoms with Gasteiger partial charge in [-0.05, 0) is 42.3 Å². The summed E-state index contributed by atoms with van der Waals surface area (Å²) in [7, 11) is 0. The molecule has 1 aromatic heterocycles. The van der Waals surface area contributed by atoms with Crippen molar-refractivity contribution in [1.82, 2.24) is 5.32 Å². The van der Waals surface area contributed by atoms with Crippen LogP contribution in [0, 0.1) is 10.1 Å². The molecule has 142 valence electrons. The first-order valence-corrected chi connectivity index (χ1v) is 11.2. The number of carbonyl (C=O) groups is 1. The number of allylic oxidation sites excluding steroid dienone is 4. The van der Waals surface area contributed by atoms with Crippen LogP contribution < -0.4 is 5.32 Å². The van der Waals surface area contributed by atoms with Crippen LogP contribution in [-0.4, -0.2) is 16.5 Å². The highest BCUT2D eigenvalue weighted by atomic mass is 32.2. The highest BCUT2D eigenvalue weighted by Crippen LogP contribution is 2.51. The van der Waals surface area contributed by atoms with Gasteiger partial charge in [0.15, 0.2) is 5.78 Å². The van der Waals surface area contributed by atoms with Crippen molar-refractivity contribution in [3.05, 3.63) is 73.3 Å². The fraction of sp³-hybridized carbons (Fsp3) is 0.286. The largest absolute Gasteiger partial charge is 0.361 e. The average Bonchev–Trinajstić information content (AvgIpc) is 3.38. The van der Waals surface area contributed by atoms with E-state index in [1.165, 1.54) is 17.0 Å². The standard InChI is InChI=1S/C21H18N2O3S2/c24-17-4-1-3-14-20(17)19(21-15(22-14)8-10-28-21)12-6-7-13(16(11-12)23(25)26)18-5-2-9-27-18/h2,5-7,9,11,19,22H,1,3-4,8,10H2. The van der Waals surface area contributed by atoms with E-state index in [-0.39, 0.29) is 22.3 Å². The molecule has 0 radical (unpaired) electrons. The number of ketones is 1. The molecule has 0 saturated heterocycles. The summed E-state index contributed by atoms with van der Waals surface area (Å²) in [6.45, 7) is 0. The van der Waals surface area contributed by atoms with Gasteiger partial charge in [-0.3, -0.25) is 14.9 Å². The number of nitrogens with one attached hydrogen (secondary N) is 1. The van der Waals surface area contributed by atoms with E-state index in [1.54, 1.807) is 17.8 Å². The molecule has 2 aliphatic heterocycles. The quantitative estimate of drug-likeness (QED) is 0.544. The fourth-order valence-electron chi connectivity index (χ4n) is 4.33. The normalized spacial score (nSPS) is 21.4. The fourth-order valence-corrected chi connectivity index (χ4v) is 6.37. The van der Waals surface area contributed by atoms with E-state index in [0.717, 1.165) is 51.6 Å². The number of carbonyl (C=O) groups excluding carboxylic acids is 1. The SMILES string of the molecule is O=C1CCCC2=C1C(c1ccc(-c3cccs3)c([N+](=O)[O-])c1)C1=C(CCS1)N2. The molecule has 0 saturated carbocycles. The molecule has 7 heteroatoms. The number of nitrogens with zero attached hydrogens (tertiary/aromatic N) is 1. The lowest BCUT2D eigenvalue weighted by atomic mass is 9.79. The van der Waals surface area contributed by atoms with Crippen LogP contribution in [0.3, 0.4) is 0 Å². The number of thioether (sulfide) groups is 1. The third-order valence-electron chi connectivity index (χ3n) is 5.55. The van der Waals surface area contributed by atoms with Crippen LogP contribution in [0.15, 0.2) is 57.6 Å². The summed E-state index contributed by atoms with van der Waals surface area (Å²) in [4.78, 5) is 26.4. The topological polar surface area (TPSA) is 72.2 Å². The molecule has 0 amide bonds. The highest BCUT2D eigenvalue weighted by molar-refractivity contribution is 8.03. The van der Waals surface area contributed by atoms with Crippen molar-refractivity contribution in [3.8, 4) is 10.4 Å². The van der Waals surface area contributed by atoms with Crippen LogP contribution in [0.2, 0.25) is 0 Å². The summed E-state index contributed by atoms with van der Waals surface area (Å²) in [5, 5.41) is 17.3. The first-order valence-electron chi connectivity index (χ1n) is 9.35. The maximum Gasteiger partial charge on any atom is 0.278 e. The second-order valence-corrected chi connectivity index (χ2v) is 9.26. The smallest absolute Gasteiger partial charge is 0.278 e. The van der Waals surface area contributed by atoms with Crippen LogP contribution in [-0.2, 0) is 4.79 Å². The van der Waals surface area contributed by atoms with E-state index < -0.39 is 0 Å². The molecule has 28 heavy (non-hydrogen) atoms. The predicted molar refractivity (Wildman–Crippen MR) is 112 cm³/mol. The van der Waals surface area contributed by atoms with Gasteiger partial charge >= 0.3 is 0 Å². The number of Topliss-reactive ketones (excluding diaryl/α,β-unsaturated/α-hetero) is 1. The monoisotopic (exact) mass is 410 g/mol. The molecular formula is C21H18N2O3S2. The number of nitro groups is 1. The van der Waals surface area contributed by atoms with Crippen molar-refractivity contribution < 1.29 is 9.72 Å². The lowest BCUT2D eigenvalue weighted by molar-refractivity contribution is -0.384. The Kier molecular flexibility index (Phi) is 4.36. The van der Waals surface area contributed by atoms with E-state index in [1.807, 2.05) is 29.6 Å². The number of hydrogen-bond donors (Lipinski definition) is 1. The van der Waals surface area contributed by atoms with Crippen molar-refractivity contribution in [1.29, 1.82) is 0 Å². The number of thiophene rings is 1.